The largest absolute Gasteiger partial charge is 0.331 e. The lowest BCUT2D eigenvalue weighted by Gasteiger charge is -2.28. The third kappa shape index (κ3) is 1.96. The van der Waals surface area contributed by atoms with E-state index in [0.717, 1.165) is 37.9 Å². The van der Waals surface area contributed by atoms with Gasteiger partial charge in [-0.1, -0.05) is 6.07 Å². The summed E-state index contributed by atoms with van der Waals surface area (Å²) in [7, 11) is 0. The molecule has 1 N–H and O–H groups in total. The highest BCUT2D eigenvalue weighted by molar-refractivity contribution is 5.95. The van der Waals surface area contributed by atoms with Crippen molar-refractivity contribution < 1.29 is 4.79 Å². The highest BCUT2D eigenvalue weighted by Gasteiger charge is 2.38. The van der Waals surface area contributed by atoms with Crippen molar-refractivity contribution in [1.82, 2.24) is 10.2 Å². The Hall–Kier alpha value is -1.35. The van der Waals surface area contributed by atoms with Crippen molar-refractivity contribution in [3.05, 3.63) is 34.9 Å². The molecule has 3 heteroatoms. The molecule has 1 amide bonds. The summed E-state index contributed by atoms with van der Waals surface area (Å²) in [6.45, 7) is 2.02. The molecule has 0 spiro atoms. The predicted molar refractivity (Wildman–Crippen MR) is 78.9 cm³/mol. The van der Waals surface area contributed by atoms with Crippen LogP contribution in [0.3, 0.4) is 0 Å². The van der Waals surface area contributed by atoms with Crippen molar-refractivity contribution >= 4 is 5.91 Å². The summed E-state index contributed by atoms with van der Waals surface area (Å²) in [6.07, 6.45) is 7.02. The number of aryl methyl sites for hydroxylation is 2. The van der Waals surface area contributed by atoms with Crippen molar-refractivity contribution in [3.63, 3.8) is 0 Å². The van der Waals surface area contributed by atoms with Crippen LogP contribution in [-0.4, -0.2) is 36.0 Å². The van der Waals surface area contributed by atoms with Crippen LogP contribution in [0, 0.1) is 0 Å². The van der Waals surface area contributed by atoms with Crippen LogP contribution in [0.4, 0.5) is 0 Å². The molecule has 106 valence electrons. The zero-order chi connectivity index (χ0) is 13.5. The third-order valence-corrected chi connectivity index (χ3v) is 5.23. The van der Waals surface area contributed by atoms with Crippen LogP contribution >= 0.6 is 0 Å². The fourth-order valence-electron chi connectivity index (χ4n) is 4.17. The Labute approximate surface area is 120 Å². The predicted octanol–water partition coefficient (Wildman–Crippen LogP) is 2.14. The average Bonchev–Trinajstić information content (AvgIpc) is 3.00. The number of carbonyl (C=O) groups is 1. The van der Waals surface area contributed by atoms with Gasteiger partial charge in [0.1, 0.15) is 0 Å². The van der Waals surface area contributed by atoms with Gasteiger partial charge in [0.15, 0.2) is 0 Å². The Kier molecular flexibility index (Phi) is 3.03. The molecule has 2 atom stereocenters. The van der Waals surface area contributed by atoms with E-state index in [0.29, 0.717) is 12.1 Å². The van der Waals surface area contributed by atoms with Gasteiger partial charge >= 0.3 is 0 Å². The molecule has 2 heterocycles. The number of nitrogens with zero attached hydrogens (tertiary/aromatic N) is 1. The minimum atomic E-state index is 0.260. The van der Waals surface area contributed by atoms with Crippen molar-refractivity contribution in [2.75, 3.05) is 13.1 Å². The van der Waals surface area contributed by atoms with Crippen LogP contribution in [0.25, 0.3) is 0 Å². The monoisotopic (exact) mass is 270 g/mol. The topological polar surface area (TPSA) is 32.3 Å². The van der Waals surface area contributed by atoms with E-state index >= 15 is 0 Å². The van der Waals surface area contributed by atoms with Gasteiger partial charge in [-0.2, -0.15) is 0 Å². The highest BCUT2D eigenvalue weighted by Crippen LogP contribution is 2.30. The van der Waals surface area contributed by atoms with Gasteiger partial charge in [0, 0.05) is 24.2 Å². The van der Waals surface area contributed by atoms with E-state index in [-0.39, 0.29) is 5.91 Å². The number of benzene rings is 1. The molecule has 2 unspecified atom stereocenters. The smallest absolute Gasteiger partial charge is 0.254 e. The lowest BCUT2D eigenvalue weighted by molar-refractivity contribution is 0.0680. The number of nitrogens with one attached hydrogen (secondary N) is 1. The molecular formula is C17H22N2O. The highest BCUT2D eigenvalue weighted by atomic mass is 16.2. The van der Waals surface area contributed by atoms with Crippen LogP contribution in [-0.2, 0) is 12.8 Å². The second-order valence-electron chi connectivity index (χ2n) is 6.43. The number of amides is 1. The van der Waals surface area contributed by atoms with E-state index < -0.39 is 0 Å². The lowest BCUT2D eigenvalue weighted by Crippen LogP contribution is -2.42. The fourth-order valence-corrected chi connectivity index (χ4v) is 4.17. The van der Waals surface area contributed by atoms with Gasteiger partial charge in [-0.05, 0) is 68.3 Å². The molecule has 4 rings (SSSR count). The van der Waals surface area contributed by atoms with Crippen LogP contribution in [0.1, 0.15) is 47.2 Å². The van der Waals surface area contributed by atoms with Crippen molar-refractivity contribution in [2.24, 2.45) is 0 Å². The second kappa shape index (κ2) is 4.88. The Morgan fingerprint density at radius 2 is 1.95 bits per heavy atom. The maximum atomic E-state index is 12.9. The summed E-state index contributed by atoms with van der Waals surface area (Å²) in [6, 6.07) is 7.24. The minimum Gasteiger partial charge on any atom is -0.331 e. The molecule has 20 heavy (non-hydrogen) atoms. The van der Waals surface area contributed by atoms with Crippen molar-refractivity contribution in [2.45, 2.75) is 50.6 Å². The number of carbonyl (C=O) groups excluding carboxylic acids is 1. The van der Waals surface area contributed by atoms with E-state index in [1.54, 1.807) is 0 Å². The lowest BCUT2D eigenvalue weighted by atomic mass is 10.0. The van der Waals surface area contributed by atoms with Gasteiger partial charge in [0.25, 0.3) is 5.91 Å². The average molecular weight is 270 g/mol. The maximum Gasteiger partial charge on any atom is 0.254 e. The zero-order valence-electron chi connectivity index (χ0n) is 11.9. The normalized spacial score (nSPS) is 28.3. The van der Waals surface area contributed by atoms with Gasteiger partial charge in [0.05, 0.1) is 0 Å². The summed E-state index contributed by atoms with van der Waals surface area (Å²) < 4.78 is 0. The fraction of sp³-hybridized carbons (Fsp3) is 0.588. The van der Waals surface area contributed by atoms with E-state index in [9.17, 15) is 4.79 Å². The van der Waals surface area contributed by atoms with Crippen LogP contribution < -0.4 is 5.32 Å². The molecule has 2 bridgehead atoms. The van der Waals surface area contributed by atoms with Crippen molar-refractivity contribution in [3.8, 4) is 0 Å². The van der Waals surface area contributed by atoms with E-state index in [2.05, 4.69) is 22.3 Å². The molecule has 0 radical (unpaired) electrons. The Balaban J connectivity index is 1.63. The Morgan fingerprint density at radius 3 is 2.90 bits per heavy atom. The number of hydrogen-bond donors (Lipinski definition) is 1. The maximum absolute atomic E-state index is 12.9. The molecule has 2 saturated heterocycles. The van der Waals surface area contributed by atoms with E-state index in [1.165, 1.54) is 30.4 Å². The van der Waals surface area contributed by atoms with E-state index in [1.807, 2.05) is 6.07 Å². The Morgan fingerprint density at radius 1 is 1.10 bits per heavy atom. The molecule has 3 aliphatic rings. The molecule has 2 aliphatic heterocycles. The Bertz CT molecular complexity index is 526. The van der Waals surface area contributed by atoms with Gasteiger partial charge in [-0.25, -0.2) is 0 Å². The third-order valence-electron chi connectivity index (χ3n) is 5.23. The molecule has 1 aromatic carbocycles. The second-order valence-corrected chi connectivity index (χ2v) is 6.43. The van der Waals surface area contributed by atoms with Crippen LogP contribution in [0.5, 0.6) is 0 Å². The first kappa shape index (κ1) is 12.4. The summed E-state index contributed by atoms with van der Waals surface area (Å²) in [5.41, 5.74) is 3.75. The van der Waals surface area contributed by atoms with Gasteiger partial charge in [-0.3, -0.25) is 4.79 Å². The molecule has 0 saturated carbocycles. The summed E-state index contributed by atoms with van der Waals surface area (Å²) >= 11 is 0. The number of hydrogen-bond acceptors (Lipinski definition) is 2. The van der Waals surface area contributed by atoms with Gasteiger partial charge in [-0.15, -0.1) is 0 Å². The molecule has 0 aromatic heterocycles. The van der Waals surface area contributed by atoms with E-state index in [4.69, 9.17) is 0 Å². The molecule has 3 nitrogen and oxygen atoms in total. The van der Waals surface area contributed by atoms with Crippen LogP contribution in [0.15, 0.2) is 18.2 Å². The number of rotatable bonds is 1. The first-order valence-corrected chi connectivity index (χ1v) is 7.98. The SMILES string of the molecule is O=C(c1ccc2c(c1)CCC2)N1C2CCNCC1CC2. The molecule has 1 aliphatic carbocycles. The standard InChI is InChI=1S/C17H22N2O/c20-17(14-5-4-12-2-1-3-13(12)10-14)19-15-6-7-16(19)11-18-9-8-15/h4-5,10,15-16,18H,1-3,6-9,11H2. The first-order valence-electron chi connectivity index (χ1n) is 7.98. The van der Waals surface area contributed by atoms with Gasteiger partial charge < -0.3 is 10.2 Å². The minimum absolute atomic E-state index is 0.260. The molecule has 2 fully saturated rings. The summed E-state index contributed by atoms with van der Waals surface area (Å²) in [5.74, 6) is 0.260. The quantitative estimate of drug-likeness (QED) is 0.848. The first-order chi connectivity index (χ1) is 9.83. The molecule has 1 aromatic rings. The van der Waals surface area contributed by atoms with Crippen LogP contribution in [0.2, 0.25) is 0 Å². The summed E-state index contributed by atoms with van der Waals surface area (Å²) in [4.78, 5) is 15.1. The molecular weight excluding hydrogens is 248 g/mol. The zero-order valence-corrected chi connectivity index (χ0v) is 11.9. The summed E-state index contributed by atoms with van der Waals surface area (Å²) in [5, 5.41) is 3.46. The number of fused-ring (bicyclic) bond motifs is 3. The van der Waals surface area contributed by atoms with Gasteiger partial charge in [0.2, 0.25) is 0 Å². The van der Waals surface area contributed by atoms with Crippen molar-refractivity contribution in [1.29, 1.82) is 0 Å².